The fourth-order valence-electron chi connectivity index (χ4n) is 3.16. The smallest absolute Gasteiger partial charge is 0.387 e. The van der Waals surface area contributed by atoms with Crippen LogP contribution in [0.2, 0.25) is 5.02 Å². The Morgan fingerprint density at radius 1 is 1.21 bits per heavy atom. The quantitative estimate of drug-likeness (QED) is 0.721. The van der Waals surface area contributed by atoms with E-state index in [4.69, 9.17) is 11.6 Å². The van der Waals surface area contributed by atoms with Crippen molar-refractivity contribution in [3.05, 3.63) is 52.5 Å². The summed E-state index contributed by atoms with van der Waals surface area (Å²) in [4.78, 5) is 14.3. The molecule has 6 nitrogen and oxygen atoms in total. The number of amides is 1. The molecule has 0 bridgehead atoms. The van der Waals surface area contributed by atoms with Gasteiger partial charge in [0.1, 0.15) is 5.75 Å². The molecule has 0 saturated carbocycles. The fraction of sp³-hybridized carbons (Fsp3) is 0.316. The summed E-state index contributed by atoms with van der Waals surface area (Å²) in [5.74, 6) is -0.571. The molecule has 10 heteroatoms. The molecule has 0 radical (unpaired) electrons. The van der Waals surface area contributed by atoms with Crippen molar-refractivity contribution in [2.75, 3.05) is 17.8 Å². The highest BCUT2D eigenvalue weighted by Crippen LogP contribution is 2.31. The summed E-state index contributed by atoms with van der Waals surface area (Å²) in [6.45, 7) is -0.102. The third-order valence-corrected chi connectivity index (χ3v) is 6.21. The van der Waals surface area contributed by atoms with Crippen molar-refractivity contribution >= 4 is 33.2 Å². The third kappa shape index (κ3) is 4.79. The molecule has 2 aromatic carbocycles. The van der Waals surface area contributed by atoms with E-state index in [1.54, 1.807) is 24.0 Å². The Hall–Kier alpha value is -2.39. The van der Waals surface area contributed by atoms with E-state index in [9.17, 15) is 22.0 Å². The fourth-order valence-corrected chi connectivity index (χ4v) is 4.55. The molecule has 29 heavy (non-hydrogen) atoms. The molecule has 1 saturated heterocycles. The van der Waals surface area contributed by atoms with Crippen LogP contribution < -0.4 is 9.46 Å². The summed E-state index contributed by atoms with van der Waals surface area (Å²) < 4.78 is 57.0. The lowest BCUT2D eigenvalue weighted by atomic mass is 10.1. The third-order valence-electron chi connectivity index (χ3n) is 4.55. The van der Waals surface area contributed by atoms with Crippen LogP contribution in [0.3, 0.4) is 0 Å². The minimum atomic E-state index is -4.13. The van der Waals surface area contributed by atoms with Gasteiger partial charge in [-0.05, 0) is 49.6 Å². The average Bonchev–Trinajstić information content (AvgIpc) is 3.17. The molecule has 0 unspecified atom stereocenters. The highest BCUT2D eigenvalue weighted by molar-refractivity contribution is 7.92. The standard InChI is InChI=1S/C19H19ClF2N2O4S/c1-12-5-4-6-15(17(12)18(25)24-9-2-3-10-24)23-29(26,27)13-7-8-16(14(20)11-13)28-19(21)22/h4-8,11,19,23H,2-3,9-10H2,1H3. The van der Waals surface area contributed by atoms with E-state index in [1.807, 2.05) is 0 Å². The first kappa shape index (κ1) is 21.3. The number of hydrogen-bond donors (Lipinski definition) is 1. The summed E-state index contributed by atoms with van der Waals surface area (Å²) in [5.41, 5.74) is 1.06. The maximum Gasteiger partial charge on any atom is 0.387 e. The monoisotopic (exact) mass is 444 g/mol. The van der Waals surface area contributed by atoms with Crippen LogP contribution in [-0.4, -0.2) is 38.9 Å². The highest BCUT2D eigenvalue weighted by atomic mass is 35.5. The molecule has 1 N–H and O–H groups in total. The molecule has 0 aromatic heterocycles. The van der Waals surface area contributed by atoms with Crippen molar-refractivity contribution < 1.29 is 26.7 Å². The van der Waals surface area contributed by atoms with Crippen LogP contribution in [0.4, 0.5) is 14.5 Å². The first-order chi connectivity index (χ1) is 13.7. The summed E-state index contributed by atoms with van der Waals surface area (Å²) >= 11 is 5.86. The van der Waals surface area contributed by atoms with Crippen molar-refractivity contribution in [1.82, 2.24) is 4.90 Å². The number of nitrogens with one attached hydrogen (secondary N) is 1. The molecule has 156 valence electrons. The number of likely N-dealkylation sites (tertiary alicyclic amines) is 1. The number of carbonyl (C=O) groups excluding carboxylic acids is 1. The zero-order valence-corrected chi connectivity index (χ0v) is 17.1. The van der Waals surface area contributed by atoms with Gasteiger partial charge in [-0.3, -0.25) is 9.52 Å². The Morgan fingerprint density at radius 2 is 1.90 bits per heavy atom. The lowest BCUT2D eigenvalue weighted by Gasteiger charge is -2.20. The van der Waals surface area contributed by atoms with E-state index in [-0.39, 0.29) is 32.8 Å². The molecule has 1 amide bonds. The van der Waals surface area contributed by atoms with Crippen LogP contribution in [-0.2, 0) is 10.0 Å². The molecule has 3 rings (SSSR count). The van der Waals surface area contributed by atoms with Crippen LogP contribution in [0.1, 0.15) is 28.8 Å². The molecule has 1 fully saturated rings. The van der Waals surface area contributed by atoms with Crippen molar-refractivity contribution in [1.29, 1.82) is 0 Å². The normalized spacial score (nSPS) is 14.3. The van der Waals surface area contributed by atoms with Crippen molar-refractivity contribution in [3.63, 3.8) is 0 Å². The Morgan fingerprint density at radius 3 is 2.52 bits per heavy atom. The van der Waals surface area contributed by atoms with Gasteiger partial charge in [0.2, 0.25) is 0 Å². The van der Waals surface area contributed by atoms with Gasteiger partial charge in [-0.25, -0.2) is 8.42 Å². The minimum absolute atomic E-state index is 0.144. The Balaban J connectivity index is 1.92. The summed E-state index contributed by atoms with van der Waals surface area (Å²) in [6.07, 6.45) is 1.81. The summed E-state index contributed by atoms with van der Waals surface area (Å²) in [6, 6.07) is 8.04. The van der Waals surface area contributed by atoms with Crippen LogP contribution in [0.25, 0.3) is 0 Å². The number of alkyl halides is 2. The van der Waals surface area contributed by atoms with Gasteiger partial charge in [0.25, 0.3) is 15.9 Å². The molecule has 1 aliphatic heterocycles. The predicted octanol–water partition coefficient (Wildman–Crippen LogP) is 4.29. The van der Waals surface area contributed by atoms with Gasteiger partial charge in [-0.15, -0.1) is 0 Å². The van der Waals surface area contributed by atoms with Gasteiger partial charge in [0, 0.05) is 13.1 Å². The second-order valence-corrected chi connectivity index (χ2v) is 8.66. The van der Waals surface area contributed by atoms with Crippen molar-refractivity contribution in [3.8, 4) is 5.75 Å². The minimum Gasteiger partial charge on any atom is -0.433 e. The second kappa shape index (κ2) is 8.54. The van der Waals surface area contributed by atoms with Crippen molar-refractivity contribution in [2.24, 2.45) is 0 Å². The second-order valence-electron chi connectivity index (χ2n) is 6.57. The molecule has 0 atom stereocenters. The number of halogens is 3. The van der Waals surface area contributed by atoms with E-state index >= 15 is 0 Å². The number of sulfonamides is 1. The highest BCUT2D eigenvalue weighted by Gasteiger charge is 2.26. The van der Waals surface area contributed by atoms with E-state index in [0.29, 0.717) is 18.7 Å². The van der Waals surface area contributed by atoms with E-state index < -0.39 is 16.6 Å². The van der Waals surface area contributed by atoms with Gasteiger partial charge in [-0.2, -0.15) is 8.78 Å². The average molecular weight is 445 g/mol. The lowest BCUT2D eigenvalue weighted by Crippen LogP contribution is -2.29. The molecule has 0 spiro atoms. The van der Waals surface area contributed by atoms with E-state index in [0.717, 1.165) is 31.0 Å². The topological polar surface area (TPSA) is 75.7 Å². The SMILES string of the molecule is Cc1cccc(NS(=O)(=O)c2ccc(OC(F)F)c(Cl)c2)c1C(=O)N1CCCC1. The zero-order valence-electron chi connectivity index (χ0n) is 15.5. The van der Waals surface area contributed by atoms with E-state index in [2.05, 4.69) is 9.46 Å². The Kier molecular flexibility index (Phi) is 6.28. The first-order valence-electron chi connectivity index (χ1n) is 8.85. The Labute approximate surface area is 172 Å². The summed E-state index contributed by atoms with van der Waals surface area (Å²) in [7, 11) is -4.13. The van der Waals surface area contributed by atoms with Crippen molar-refractivity contribution in [2.45, 2.75) is 31.3 Å². The zero-order chi connectivity index (χ0) is 21.2. The molecular weight excluding hydrogens is 426 g/mol. The van der Waals surface area contributed by atoms with Gasteiger partial charge in [0.15, 0.2) is 0 Å². The lowest BCUT2D eigenvalue weighted by molar-refractivity contribution is -0.0498. The van der Waals surface area contributed by atoms with Crippen LogP contribution in [0.15, 0.2) is 41.3 Å². The van der Waals surface area contributed by atoms with E-state index in [1.165, 1.54) is 6.07 Å². The Bertz CT molecular complexity index is 1020. The van der Waals surface area contributed by atoms with Gasteiger partial charge >= 0.3 is 6.61 Å². The number of hydrogen-bond acceptors (Lipinski definition) is 4. The largest absolute Gasteiger partial charge is 0.433 e. The number of rotatable bonds is 6. The molecular formula is C19H19ClF2N2O4S. The number of ether oxygens (including phenoxy) is 1. The number of anilines is 1. The predicted molar refractivity (Wildman–Crippen MR) is 105 cm³/mol. The maximum atomic E-state index is 12.9. The summed E-state index contributed by atoms with van der Waals surface area (Å²) in [5, 5.41) is -0.272. The number of benzene rings is 2. The molecule has 0 aliphatic carbocycles. The first-order valence-corrected chi connectivity index (χ1v) is 10.7. The van der Waals surface area contributed by atoms with Crippen LogP contribution in [0.5, 0.6) is 5.75 Å². The number of aryl methyl sites for hydroxylation is 1. The molecule has 1 aliphatic rings. The van der Waals surface area contributed by atoms with Gasteiger partial charge in [0.05, 0.1) is 21.2 Å². The number of nitrogens with zero attached hydrogens (tertiary/aromatic N) is 1. The van der Waals surface area contributed by atoms with Gasteiger partial charge in [-0.1, -0.05) is 23.7 Å². The molecule has 1 heterocycles. The maximum absolute atomic E-state index is 12.9. The molecule has 2 aromatic rings. The van der Waals surface area contributed by atoms with Crippen LogP contribution in [0, 0.1) is 6.92 Å². The number of carbonyl (C=O) groups is 1. The van der Waals surface area contributed by atoms with Crippen LogP contribution >= 0.6 is 11.6 Å². The van der Waals surface area contributed by atoms with Gasteiger partial charge < -0.3 is 9.64 Å².